The maximum Gasteiger partial charge on any atom is 0.119 e. The SMILES string of the molecule is COc1cccc(C(C)NCCCn2ccnc2)c1. The van der Waals surface area contributed by atoms with Crippen LogP contribution < -0.4 is 10.1 Å². The molecule has 1 aromatic heterocycles. The zero-order valence-electron chi connectivity index (χ0n) is 11.5. The molecule has 0 bridgehead atoms. The number of hydrogen-bond acceptors (Lipinski definition) is 3. The normalized spacial score (nSPS) is 12.3. The highest BCUT2D eigenvalue weighted by Gasteiger charge is 2.05. The summed E-state index contributed by atoms with van der Waals surface area (Å²) in [7, 11) is 1.70. The molecule has 1 heterocycles. The Morgan fingerprint density at radius 3 is 3.05 bits per heavy atom. The van der Waals surface area contributed by atoms with Crippen LogP contribution in [0, 0.1) is 0 Å². The molecule has 0 aliphatic rings. The predicted molar refractivity (Wildman–Crippen MR) is 76.3 cm³/mol. The zero-order chi connectivity index (χ0) is 13.5. The molecule has 0 amide bonds. The number of nitrogens with zero attached hydrogens (tertiary/aromatic N) is 2. The molecule has 0 fully saturated rings. The lowest BCUT2D eigenvalue weighted by molar-refractivity contribution is 0.413. The lowest BCUT2D eigenvalue weighted by atomic mass is 10.1. The minimum absolute atomic E-state index is 0.331. The number of imidazole rings is 1. The van der Waals surface area contributed by atoms with Crippen molar-refractivity contribution >= 4 is 0 Å². The summed E-state index contributed by atoms with van der Waals surface area (Å²) in [5, 5.41) is 3.52. The first-order valence-electron chi connectivity index (χ1n) is 6.62. The van der Waals surface area contributed by atoms with Gasteiger partial charge in [0.05, 0.1) is 13.4 Å². The number of benzene rings is 1. The molecule has 0 radical (unpaired) electrons. The van der Waals surface area contributed by atoms with Gasteiger partial charge in [0.2, 0.25) is 0 Å². The summed E-state index contributed by atoms with van der Waals surface area (Å²) in [5.74, 6) is 0.907. The molecule has 0 aliphatic carbocycles. The molecule has 2 rings (SSSR count). The van der Waals surface area contributed by atoms with Crippen molar-refractivity contribution in [3.8, 4) is 5.75 Å². The van der Waals surface area contributed by atoms with Crippen LogP contribution in [-0.4, -0.2) is 23.2 Å². The lowest BCUT2D eigenvalue weighted by Crippen LogP contribution is -2.20. The first-order valence-corrected chi connectivity index (χ1v) is 6.62. The van der Waals surface area contributed by atoms with Crippen molar-refractivity contribution < 1.29 is 4.74 Å². The van der Waals surface area contributed by atoms with Crippen LogP contribution in [0.4, 0.5) is 0 Å². The fraction of sp³-hybridized carbons (Fsp3) is 0.400. The molecule has 1 atom stereocenters. The molecular formula is C15H21N3O. The Balaban J connectivity index is 1.75. The lowest BCUT2D eigenvalue weighted by Gasteiger charge is -2.15. The van der Waals surface area contributed by atoms with Gasteiger partial charge in [0.15, 0.2) is 0 Å². The second-order valence-corrected chi connectivity index (χ2v) is 4.61. The van der Waals surface area contributed by atoms with E-state index < -0.39 is 0 Å². The first-order chi connectivity index (χ1) is 9.29. The molecule has 0 aliphatic heterocycles. The van der Waals surface area contributed by atoms with Crippen LogP contribution in [0.5, 0.6) is 5.75 Å². The van der Waals surface area contributed by atoms with E-state index >= 15 is 0 Å². The van der Waals surface area contributed by atoms with Crippen molar-refractivity contribution in [2.24, 2.45) is 0 Å². The van der Waals surface area contributed by atoms with Gasteiger partial charge in [0.1, 0.15) is 5.75 Å². The minimum atomic E-state index is 0.331. The second-order valence-electron chi connectivity index (χ2n) is 4.61. The third-order valence-corrected chi connectivity index (χ3v) is 3.20. The van der Waals surface area contributed by atoms with Crippen LogP contribution in [0.1, 0.15) is 24.9 Å². The van der Waals surface area contributed by atoms with Crippen molar-refractivity contribution in [2.75, 3.05) is 13.7 Å². The predicted octanol–water partition coefficient (Wildman–Crippen LogP) is 2.63. The molecule has 1 unspecified atom stereocenters. The molecule has 4 heteroatoms. The number of rotatable bonds is 7. The summed E-state index contributed by atoms with van der Waals surface area (Å²) in [5.41, 5.74) is 1.25. The number of ether oxygens (including phenoxy) is 1. The summed E-state index contributed by atoms with van der Waals surface area (Å²) >= 11 is 0. The zero-order valence-corrected chi connectivity index (χ0v) is 11.5. The van der Waals surface area contributed by atoms with E-state index in [1.807, 2.05) is 30.9 Å². The van der Waals surface area contributed by atoms with Gasteiger partial charge < -0.3 is 14.6 Å². The molecule has 1 N–H and O–H groups in total. The van der Waals surface area contributed by atoms with Gasteiger partial charge in [-0.3, -0.25) is 0 Å². The summed E-state index contributed by atoms with van der Waals surface area (Å²) < 4.78 is 7.34. The van der Waals surface area contributed by atoms with E-state index in [-0.39, 0.29) is 0 Å². The van der Waals surface area contributed by atoms with Gasteiger partial charge in [-0.25, -0.2) is 4.98 Å². The first kappa shape index (κ1) is 13.6. The van der Waals surface area contributed by atoms with Crippen molar-refractivity contribution in [2.45, 2.75) is 25.9 Å². The van der Waals surface area contributed by atoms with E-state index in [2.05, 4.69) is 33.9 Å². The summed E-state index contributed by atoms with van der Waals surface area (Å²) in [4.78, 5) is 4.03. The number of aromatic nitrogens is 2. The smallest absolute Gasteiger partial charge is 0.119 e. The number of aryl methyl sites for hydroxylation is 1. The Bertz CT molecular complexity index is 482. The van der Waals surface area contributed by atoms with Gasteiger partial charge >= 0.3 is 0 Å². The van der Waals surface area contributed by atoms with E-state index in [4.69, 9.17) is 4.74 Å². The maximum atomic E-state index is 5.24. The van der Waals surface area contributed by atoms with E-state index in [1.165, 1.54) is 5.56 Å². The Labute approximate surface area is 114 Å². The average molecular weight is 259 g/mol. The molecule has 4 nitrogen and oxygen atoms in total. The van der Waals surface area contributed by atoms with Crippen molar-refractivity contribution in [1.29, 1.82) is 0 Å². The fourth-order valence-corrected chi connectivity index (χ4v) is 2.03. The largest absolute Gasteiger partial charge is 0.497 e. The van der Waals surface area contributed by atoms with Gasteiger partial charge in [-0.15, -0.1) is 0 Å². The molecule has 1 aromatic carbocycles. The van der Waals surface area contributed by atoms with Crippen molar-refractivity contribution in [3.63, 3.8) is 0 Å². The molecule has 0 spiro atoms. The highest BCUT2D eigenvalue weighted by Crippen LogP contribution is 2.18. The molecule has 102 valence electrons. The standard InChI is InChI=1S/C15H21N3O/c1-13(14-5-3-6-15(11-14)19-2)17-7-4-9-18-10-8-16-12-18/h3,5-6,8,10-13,17H,4,7,9H2,1-2H3. The van der Waals surface area contributed by atoms with Crippen molar-refractivity contribution in [3.05, 3.63) is 48.5 Å². The summed E-state index contributed by atoms with van der Waals surface area (Å²) in [6.45, 7) is 4.15. The number of hydrogen-bond donors (Lipinski definition) is 1. The van der Waals surface area contributed by atoms with Gasteiger partial charge in [0.25, 0.3) is 0 Å². The van der Waals surface area contributed by atoms with Crippen LogP contribution in [0.2, 0.25) is 0 Å². The summed E-state index contributed by atoms with van der Waals surface area (Å²) in [6, 6.07) is 8.52. The van der Waals surface area contributed by atoms with Crippen LogP contribution in [0.15, 0.2) is 43.0 Å². The monoisotopic (exact) mass is 259 g/mol. The molecule has 0 saturated carbocycles. The van der Waals surface area contributed by atoms with Gasteiger partial charge in [-0.1, -0.05) is 12.1 Å². The summed E-state index contributed by atoms with van der Waals surface area (Å²) in [6.07, 6.45) is 6.74. The third kappa shape index (κ3) is 4.10. The third-order valence-electron chi connectivity index (χ3n) is 3.20. The van der Waals surface area contributed by atoms with E-state index in [1.54, 1.807) is 7.11 Å². The van der Waals surface area contributed by atoms with Crippen LogP contribution >= 0.6 is 0 Å². The Kier molecular flexibility index (Phi) is 4.98. The Morgan fingerprint density at radius 2 is 2.32 bits per heavy atom. The van der Waals surface area contributed by atoms with E-state index in [0.29, 0.717) is 6.04 Å². The van der Waals surface area contributed by atoms with Gasteiger partial charge in [-0.05, 0) is 37.6 Å². The maximum absolute atomic E-state index is 5.24. The van der Waals surface area contributed by atoms with Gasteiger partial charge in [-0.2, -0.15) is 0 Å². The van der Waals surface area contributed by atoms with Crippen LogP contribution in [0.3, 0.4) is 0 Å². The van der Waals surface area contributed by atoms with Crippen LogP contribution in [-0.2, 0) is 6.54 Å². The van der Waals surface area contributed by atoms with E-state index in [0.717, 1.165) is 25.3 Å². The molecule has 0 saturated heterocycles. The minimum Gasteiger partial charge on any atom is -0.497 e. The van der Waals surface area contributed by atoms with Crippen molar-refractivity contribution in [1.82, 2.24) is 14.9 Å². The Hall–Kier alpha value is -1.81. The fourth-order valence-electron chi connectivity index (χ4n) is 2.03. The quantitative estimate of drug-likeness (QED) is 0.777. The number of methoxy groups -OCH3 is 1. The topological polar surface area (TPSA) is 39.1 Å². The highest BCUT2D eigenvalue weighted by atomic mass is 16.5. The average Bonchev–Trinajstić information content (AvgIpc) is 2.96. The van der Waals surface area contributed by atoms with E-state index in [9.17, 15) is 0 Å². The number of nitrogens with one attached hydrogen (secondary N) is 1. The van der Waals surface area contributed by atoms with Crippen LogP contribution in [0.25, 0.3) is 0 Å². The molecule has 2 aromatic rings. The second kappa shape index (κ2) is 6.95. The molecule has 19 heavy (non-hydrogen) atoms. The van der Waals surface area contributed by atoms with Gasteiger partial charge in [0, 0.05) is 25.0 Å². The highest BCUT2D eigenvalue weighted by molar-refractivity contribution is 5.30. The molecular weight excluding hydrogens is 238 g/mol. The Morgan fingerprint density at radius 1 is 1.42 bits per heavy atom.